The predicted molar refractivity (Wildman–Crippen MR) is 97.4 cm³/mol. The van der Waals surface area contributed by atoms with E-state index in [2.05, 4.69) is 34.2 Å². The number of aryl methyl sites for hydroxylation is 2. The van der Waals surface area contributed by atoms with Crippen molar-refractivity contribution >= 4 is 5.78 Å². The molecule has 0 aliphatic heterocycles. The summed E-state index contributed by atoms with van der Waals surface area (Å²) in [5, 5.41) is 0. The summed E-state index contributed by atoms with van der Waals surface area (Å²) in [5.74, 6) is 0.666. The van der Waals surface area contributed by atoms with E-state index in [4.69, 9.17) is 0 Å². The van der Waals surface area contributed by atoms with E-state index in [9.17, 15) is 4.79 Å². The van der Waals surface area contributed by atoms with E-state index in [0.29, 0.717) is 11.5 Å². The number of benzene rings is 1. The zero-order valence-corrected chi connectivity index (χ0v) is 13.7. The average molecular weight is 330 g/mol. The molecular weight excluding hydrogens is 312 g/mol. The van der Waals surface area contributed by atoms with Crippen LogP contribution >= 0.6 is 0 Å². The van der Waals surface area contributed by atoms with E-state index < -0.39 is 0 Å². The minimum absolute atomic E-state index is 0.0781. The molecule has 0 saturated heterocycles. The van der Waals surface area contributed by atoms with E-state index >= 15 is 0 Å². The molecule has 0 radical (unpaired) electrons. The van der Waals surface area contributed by atoms with Crippen molar-refractivity contribution in [2.24, 2.45) is 0 Å². The molecule has 4 aromatic rings. The van der Waals surface area contributed by atoms with Crippen LogP contribution in [0.15, 0.2) is 78.1 Å². The van der Waals surface area contributed by atoms with Crippen LogP contribution < -0.4 is 5.56 Å². The maximum absolute atomic E-state index is 12.4. The van der Waals surface area contributed by atoms with Crippen molar-refractivity contribution in [2.45, 2.75) is 19.4 Å². The lowest BCUT2D eigenvalue weighted by Crippen LogP contribution is -2.14. The van der Waals surface area contributed by atoms with Crippen LogP contribution in [0, 0.1) is 0 Å². The summed E-state index contributed by atoms with van der Waals surface area (Å²) in [6.45, 7) is 0.814. The maximum Gasteiger partial charge on any atom is 0.259 e. The predicted octanol–water partition coefficient (Wildman–Crippen LogP) is 3.19. The second kappa shape index (κ2) is 6.73. The Hall–Kier alpha value is -3.21. The first-order chi connectivity index (χ1) is 12.3. The van der Waals surface area contributed by atoms with Crippen LogP contribution in [0.2, 0.25) is 0 Å². The van der Waals surface area contributed by atoms with Gasteiger partial charge in [-0.15, -0.1) is 0 Å². The van der Waals surface area contributed by atoms with E-state index in [-0.39, 0.29) is 5.56 Å². The Kier molecular flexibility index (Phi) is 4.12. The summed E-state index contributed by atoms with van der Waals surface area (Å²) >= 11 is 0. The molecule has 0 spiro atoms. The van der Waals surface area contributed by atoms with Gasteiger partial charge in [-0.2, -0.15) is 0 Å². The Morgan fingerprint density at radius 1 is 1.00 bits per heavy atom. The summed E-state index contributed by atoms with van der Waals surface area (Å²) < 4.78 is 3.62. The largest absolute Gasteiger partial charge is 0.317 e. The number of pyridine rings is 1. The van der Waals surface area contributed by atoms with Crippen LogP contribution in [0.5, 0.6) is 0 Å². The molecule has 0 amide bonds. The summed E-state index contributed by atoms with van der Waals surface area (Å²) in [7, 11) is 0. The van der Waals surface area contributed by atoms with Crippen LogP contribution in [0.4, 0.5) is 0 Å². The van der Waals surface area contributed by atoms with Crippen LogP contribution in [-0.2, 0) is 13.0 Å². The highest BCUT2D eigenvalue weighted by Gasteiger charge is 2.08. The van der Waals surface area contributed by atoms with Gasteiger partial charge in [0, 0.05) is 43.0 Å². The zero-order chi connectivity index (χ0) is 17.1. The molecule has 5 heteroatoms. The SMILES string of the molecule is O=c1cc(-c2cccnc2)nc2n(CCCc3ccccc3)ccn12. The highest BCUT2D eigenvalue weighted by atomic mass is 16.1. The number of nitrogens with zero attached hydrogens (tertiary/aromatic N) is 4. The molecule has 4 rings (SSSR count). The van der Waals surface area contributed by atoms with Gasteiger partial charge in [0.05, 0.1) is 5.69 Å². The van der Waals surface area contributed by atoms with Gasteiger partial charge in [0.15, 0.2) is 0 Å². The van der Waals surface area contributed by atoms with Gasteiger partial charge in [0.2, 0.25) is 5.78 Å². The number of hydrogen-bond donors (Lipinski definition) is 0. The van der Waals surface area contributed by atoms with Gasteiger partial charge in [-0.05, 0) is 30.5 Å². The molecule has 0 bridgehead atoms. The smallest absolute Gasteiger partial charge is 0.259 e. The molecule has 0 aliphatic carbocycles. The molecule has 25 heavy (non-hydrogen) atoms. The first-order valence-electron chi connectivity index (χ1n) is 8.34. The van der Waals surface area contributed by atoms with Crippen molar-refractivity contribution in [1.29, 1.82) is 0 Å². The highest BCUT2D eigenvalue weighted by molar-refractivity contribution is 5.59. The molecule has 3 aromatic heterocycles. The van der Waals surface area contributed by atoms with Gasteiger partial charge in [-0.1, -0.05) is 30.3 Å². The molecule has 5 nitrogen and oxygen atoms in total. The number of fused-ring (bicyclic) bond motifs is 1. The van der Waals surface area contributed by atoms with Crippen LogP contribution in [-0.4, -0.2) is 18.9 Å². The highest BCUT2D eigenvalue weighted by Crippen LogP contribution is 2.15. The third-order valence-electron chi connectivity index (χ3n) is 4.25. The molecule has 3 heterocycles. The number of hydrogen-bond acceptors (Lipinski definition) is 3. The summed E-state index contributed by atoms with van der Waals surface area (Å²) in [6, 6.07) is 15.7. The number of aromatic nitrogens is 4. The fourth-order valence-corrected chi connectivity index (χ4v) is 2.97. The third-order valence-corrected chi connectivity index (χ3v) is 4.25. The van der Waals surface area contributed by atoms with E-state index in [1.807, 2.05) is 29.0 Å². The topological polar surface area (TPSA) is 52.2 Å². The third kappa shape index (κ3) is 3.21. The summed E-state index contributed by atoms with van der Waals surface area (Å²) in [4.78, 5) is 21.2. The van der Waals surface area contributed by atoms with Gasteiger partial charge in [0.1, 0.15) is 0 Å². The van der Waals surface area contributed by atoms with E-state index in [1.165, 1.54) is 5.56 Å². The van der Waals surface area contributed by atoms with Gasteiger partial charge in [-0.3, -0.25) is 14.2 Å². The van der Waals surface area contributed by atoms with Crippen molar-refractivity contribution < 1.29 is 0 Å². The Morgan fingerprint density at radius 3 is 2.68 bits per heavy atom. The second-order valence-electron chi connectivity index (χ2n) is 5.97. The minimum Gasteiger partial charge on any atom is -0.317 e. The lowest BCUT2D eigenvalue weighted by Gasteiger charge is -2.06. The van der Waals surface area contributed by atoms with E-state index in [1.54, 1.807) is 29.1 Å². The van der Waals surface area contributed by atoms with Gasteiger partial charge >= 0.3 is 0 Å². The lowest BCUT2D eigenvalue weighted by atomic mass is 10.1. The van der Waals surface area contributed by atoms with Crippen LogP contribution in [0.3, 0.4) is 0 Å². The normalized spacial score (nSPS) is 11.0. The lowest BCUT2D eigenvalue weighted by molar-refractivity contribution is 0.653. The van der Waals surface area contributed by atoms with Crippen molar-refractivity contribution in [3.8, 4) is 11.3 Å². The molecule has 1 aromatic carbocycles. The van der Waals surface area contributed by atoms with Crippen molar-refractivity contribution in [3.05, 3.63) is 89.2 Å². The Morgan fingerprint density at radius 2 is 1.88 bits per heavy atom. The molecule has 0 unspecified atom stereocenters. The Bertz CT molecular complexity index is 1040. The van der Waals surface area contributed by atoms with Gasteiger partial charge in [0.25, 0.3) is 5.56 Å². The molecular formula is C20H18N4O. The fourth-order valence-electron chi connectivity index (χ4n) is 2.97. The minimum atomic E-state index is -0.0781. The average Bonchev–Trinajstić information content (AvgIpc) is 3.07. The van der Waals surface area contributed by atoms with Gasteiger partial charge in [-0.25, -0.2) is 4.98 Å². The first kappa shape index (κ1) is 15.3. The molecule has 0 saturated carbocycles. The van der Waals surface area contributed by atoms with Crippen molar-refractivity contribution in [3.63, 3.8) is 0 Å². The van der Waals surface area contributed by atoms with Crippen LogP contribution in [0.25, 0.3) is 17.0 Å². The Labute approximate surface area is 145 Å². The van der Waals surface area contributed by atoms with Crippen LogP contribution in [0.1, 0.15) is 12.0 Å². The second-order valence-corrected chi connectivity index (χ2v) is 5.97. The fraction of sp³-hybridized carbons (Fsp3) is 0.150. The first-order valence-corrected chi connectivity index (χ1v) is 8.34. The molecule has 0 fully saturated rings. The molecule has 0 aliphatic rings. The van der Waals surface area contributed by atoms with Gasteiger partial charge < -0.3 is 4.57 Å². The van der Waals surface area contributed by atoms with Crippen molar-refractivity contribution in [1.82, 2.24) is 18.9 Å². The zero-order valence-electron chi connectivity index (χ0n) is 13.7. The summed E-state index contributed by atoms with van der Waals surface area (Å²) in [6.07, 6.45) is 9.11. The monoisotopic (exact) mass is 330 g/mol. The maximum atomic E-state index is 12.4. The molecule has 0 N–H and O–H groups in total. The molecule has 124 valence electrons. The number of rotatable bonds is 5. The van der Waals surface area contributed by atoms with Crippen molar-refractivity contribution in [2.75, 3.05) is 0 Å². The Balaban J connectivity index is 1.61. The molecule has 0 atom stereocenters. The van der Waals surface area contributed by atoms with E-state index in [0.717, 1.165) is 24.9 Å². The standard InChI is InChI=1S/C20H18N4O/c25-19-14-18(17-9-4-10-21-15-17)22-20-23(12-13-24(19)20)11-5-8-16-6-2-1-3-7-16/h1-4,6-7,9-10,12-15H,5,8,11H2. The number of imidazole rings is 1. The quantitative estimate of drug-likeness (QED) is 0.565. The summed E-state index contributed by atoms with van der Waals surface area (Å²) in [5.41, 5.74) is 2.74.